The van der Waals surface area contributed by atoms with Crippen LogP contribution >= 0.6 is 0 Å². The average molecular weight is 469 g/mol. The van der Waals surface area contributed by atoms with Gasteiger partial charge in [-0.25, -0.2) is 8.42 Å². The number of aliphatic hydroxyl groups excluding tert-OH is 1. The van der Waals surface area contributed by atoms with Crippen molar-refractivity contribution in [2.45, 2.75) is 42.7 Å². The first kappa shape index (κ1) is 23.9. The Kier molecular flexibility index (Phi) is 7.52. The van der Waals surface area contributed by atoms with Gasteiger partial charge in [0.25, 0.3) is 0 Å². The van der Waals surface area contributed by atoms with Crippen molar-refractivity contribution in [3.63, 3.8) is 0 Å². The molecule has 7 heteroatoms. The number of fused-ring (bicyclic) bond motifs is 1. The fourth-order valence-corrected chi connectivity index (χ4v) is 6.83. The van der Waals surface area contributed by atoms with Crippen molar-refractivity contribution >= 4 is 10.0 Å². The lowest BCUT2D eigenvalue weighted by atomic mass is 9.74. The molecule has 2 aromatic rings. The van der Waals surface area contributed by atoms with Gasteiger partial charge in [0.1, 0.15) is 6.61 Å². The Morgan fingerprint density at radius 2 is 1.82 bits per heavy atom. The van der Waals surface area contributed by atoms with Crippen molar-refractivity contribution < 1.29 is 18.3 Å². The molecule has 2 aromatic carbocycles. The zero-order valence-corrected chi connectivity index (χ0v) is 20.1. The molecule has 0 aliphatic carbocycles. The number of nitrogens with zero attached hydrogens (tertiary/aromatic N) is 2. The molecular formula is C26H32N2O4S. The van der Waals surface area contributed by atoms with Gasteiger partial charge in [-0.15, -0.1) is 0 Å². The topological polar surface area (TPSA) is 70.1 Å². The molecule has 0 radical (unpaired) electrons. The van der Waals surface area contributed by atoms with Gasteiger partial charge in [0.2, 0.25) is 10.0 Å². The number of benzene rings is 2. The number of hydrogen-bond acceptors (Lipinski definition) is 5. The van der Waals surface area contributed by atoms with Crippen molar-refractivity contribution in [3.05, 3.63) is 65.2 Å². The van der Waals surface area contributed by atoms with Crippen molar-refractivity contribution in [3.8, 4) is 11.8 Å². The number of methoxy groups -OCH3 is 1. The van der Waals surface area contributed by atoms with E-state index >= 15 is 0 Å². The molecule has 0 amide bonds. The van der Waals surface area contributed by atoms with Gasteiger partial charge in [-0.1, -0.05) is 42.2 Å². The van der Waals surface area contributed by atoms with E-state index in [4.69, 9.17) is 4.74 Å². The van der Waals surface area contributed by atoms with E-state index in [0.717, 1.165) is 36.1 Å². The third-order valence-corrected chi connectivity index (χ3v) is 8.81. The van der Waals surface area contributed by atoms with Gasteiger partial charge in [-0.2, -0.15) is 4.31 Å². The van der Waals surface area contributed by atoms with Crippen LogP contribution in [-0.4, -0.2) is 74.8 Å². The highest BCUT2D eigenvalue weighted by Gasteiger charge is 2.50. The molecule has 4 rings (SSSR count). The summed E-state index contributed by atoms with van der Waals surface area (Å²) >= 11 is 0. The maximum absolute atomic E-state index is 13.5. The molecule has 2 fully saturated rings. The Balaban J connectivity index is 1.60. The second-order valence-corrected chi connectivity index (χ2v) is 10.7. The molecule has 0 bridgehead atoms. The summed E-state index contributed by atoms with van der Waals surface area (Å²) in [6.07, 6.45) is 1.72. The van der Waals surface area contributed by atoms with E-state index in [1.807, 2.05) is 31.2 Å². The first-order valence-corrected chi connectivity index (χ1v) is 12.9. The Morgan fingerprint density at radius 3 is 2.52 bits per heavy atom. The lowest BCUT2D eigenvalue weighted by Gasteiger charge is -2.57. The van der Waals surface area contributed by atoms with Crippen LogP contribution in [0.1, 0.15) is 35.4 Å². The molecule has 2 aliphatic heterocycles. The third-order valence-electron chi connectivity index (χ3n) is 6.79. The molecule has 3 atom stereocenters. The molecule has 33 heavy (non-hydrogen) atoms. The number of aliphatic hydroxyl groups is 1. The highest BCUT2D eigenvalue weighted by molar-refractivity contribution is 7.89. The average Bonchev–Trinajstić information content (AvgIpc) is 2.79. The highest BCUT2D eigenvalue weighted by Crippen LogP contribution is 2.42. The Hall–Kier alpha value is -2.21. The van der Waals surface area contributed by atoms with E-state index in [1.54, 1.807) is 23.5 Å². The van der Waals surface area contributed by atoms with E-state index in [-0.39, 0.29) is 24.6 Å². The highest BCUT2D eigenvalue weighted by atomic mass is 32.2. The third kappa shape index (κ3) is 4.86. The van der Waals surface area contributed by atoms with Crippen molar-refractivity contribution in [1.82, 2.24) is 9.21 Å². The van der Waals surface area contributed by atoms with Gasteiger partial charge in [-0.3, -0.25) is 4.90 Å². The van der Waals surface area contributed by atoms with Crippen LogP contribution in [0, 0.1) is 18.8 Å². The molecule has 2 heterocycles. The number of sulfonamides is 1. The van der Waals surface area contributed by atoms with E-state index in [9.17, 15) is 13.5 Å². The van der Waals surface area contributed by atoms with Gasteiger partial charge in [0.15, 0.2) is 0 Å². The van der Waals surface area contributed by atoms with E-state index in [2.05, 4.69) is 28.9 Å². The van der Waals surface area contributed by atoms with Crippen molar-refractivity contribution in [1.29, 1.82) is 0 Å². The summed E-state index contributed by atoms with van der Waals surface area (Å²) in [5.74, 6) is 6.11. The summed E-state index contributed by atoms with van der Waals surface area (Å²) in [5.41, 5.74) is 2.79. The number of aryl methyl sites for hydroxylation is 1. The summed E-state index contributed by atoms with van der Waals surface area (Å²) in [6.45, 7) is 4.11. The van der Waals surface area contributed by atoms with Crippen LogP contribution in [0.4, 0.5) is 0 Å². The number of ether oxygens (including phenoxy) is 1. The molecule has 176 valence electrons. The minimum atomic E-state index is -3.59. The zero-order chi connectivity index (χ0) is 23.4. The minimum Gasteiger partial charge on any atom is -0.395 e. The largest absolute Gasteiger partial charge is 0.395 e. The molecule has 1 N–H and O–H groups in total. The molecule has 2 saturated heterocycles. The first-order valence-electron chi connectivity index (χ1n) is 11.5. The van der Waals surface area contributed by atoms with Crippen molar-refractivity contribution in [2.75, 3.05) is 40.0 Å². The predicted octanol–water partition coefficient (Wildman–Crippen LogP) is 2.61. The molecule has 0 unspecified atom stereocenters. The molecular weight excluding hydrogens is 436 g/mol. The maximum Gasteiger partial charge on any atom is 0.243 e. The van der Waals surface area contributed by atoms with Crippen LogP contribution in [0.3, 0.4) is 0 Å². The normalized spacial score (nSPS) is 24.0. The monoisotopic (exact) mass is 468 g/mol. The van der Waals surface area contributed by atoms with Crippen LogP contribution in [0.15, 0.2) is 53.4 Å². The fourth-order valence-electron chi connectivity index (χ4n) is 5.11. The Morgan fingerprint density at radius 1 is 1.09 bits per heavy atom. The van der Waals surface area contributed by atoms with Gasteiger partial charge < -0.3 is 9.84 Å². The summed E-state index contributed by atoms with van der Waals surface area (Å²) in [6, 6.07) is 15.3. The summed E-state index contributed by atoms with van der Waals surface area (Å²) in [7, 11) is -1.97. The van der Waals surface area contributed by atoms with Crippen LogP contribution in [0.25, 0.3) is 0 Å². The number of rotatable bonds is 5. The van der Waals surface area contributed by atoms with E-state index in [1.165, 1.54) is 0 Å². The van der Waals surface area contributed by atoms with Crippen LogP contribution < -0.4 is 0 Å². The standard InChI is InChI=1S/C26H32N2O4S/c1-20-8-3-4-10-25(20)33(30,31)27-15-5-6-16-28-23(18-27)26(24(28)19-29)22-13-11-21(12-14-22)9-7-17-32-2/h3-4,8,10-14,23-24,26,29H,5-6,15-19H2,1-2H3/t23-,24+,26+/m1/s1. The molecule has 6 nitrogen and oxygen atoms in total. The van der Waals surface area contributed by atoms with Crippen LogP contribution in [-0.2, 0) is 14.8 Å². The quantitative estimate of drug-likeness (QED) is 0.683. The number of hydrogen-bond donors (Lipinski definition) is 1. The van der Waals surface area contributed by atoms with Crippen molar-refractivity contribution in [2.24, 2.45) is 0 Å². The van der Waals surface area contributed by atoms with Crippen LogP contribution in [0.5, 0.6) is 0 Å². The lowest BCUT2D eigenvalue weighted by Crippen LogP contribution is -2.67. The van der Waals surface area contributed by atoms with Gasteiger partial charge in [-0.05, 0) is 55.6 Å². The second-order valence-electron chi connectivity index (χ2n) is 8.77. The maximum atomic E-state index is 13.5. The Bertz CT molecular complexity index is 1120. The predicted molar refractivity (Wildman–Crippen MR) is 128 cm³/mol. The Labute approximate surface area is 197 Å². The van der Waals surface area contributed by atoms with Gasteiger partial charge in [0, 0.05) is 43.8 Å². The van der Waals surface area contributed by atoms with Gasteiger partial charge in [0.05, 0.1) is 11.5 Å². The first-order chi connectivity index (χ1) is 16.0. The fraction of sp³-hybridized carbons (Fsp3) is 0.462. The SMILES string of the molecule is COCC#Cc1ccc([C@H]2[C@H]3CN(S(=O)(=O)c4ccccc4C)CCCCN3[C@H]2CO)cc1. The molecule has 0 aromatic heterocycles. The zero-order valence-electron chi connectivity index (χ0n) is 19.3. The minimum absolute atomic E-state index is 0.00143. The second kappa shape index (κ2) is 10.4. The summed E-state index contributed by atoms with van der Waals surface area (Å²) in [5, 5.41) is 10.1. The van der Waals surface area contributed by atoms with Gasteiger partial charge >= 0.3 is 0 Å². The van der Waals surface area contributed by atoms with E-state index in [0.29, 0.717) is 24.6 Å². The smallest absolute Gasteiger partial charge is 0.243 e. The summed E-state index contributed by atoms with van der Waals surface area (Å²) < 4.78 is 33.7. The molecule has 0 saturated carbocycles. The van der Waals surface area contributed by atoms with E-state index < -0.39 is 10.0 Å². The molecule has 0 spiro atoms. The molecule has 2 aliphatic rings. The lowest BCUT2D eigenvalue weighted by molar-refractivity contribution is -0.0553. The summed E-state index contributed by atoms with van der Waals surface area (Å²) in [4.78, 5) is 2.67. The van der Waals surface area contributed by atoms with Crippen LogP contribution in [0.2, 0.25) is 0 Å².